The molecule has 1 aromatic carbocycles. The summed E-state index contributed by atoms with van der Waals surface area (Å²) < 4.78 is 58.2. The molecule has 4 rings (SSSR count). The molecule has 1 aromatic rings. The first-order valence-electron chi connectivity index (χ1n) is 15.0. The fourth-order valence-corrected chi connectivity index (χ4v) is 8.20. The number of alkyl halides is 3. The molecule has 0 aromatic heterocycles. The molecular weight excluding hydrogens is 639 g/mol. The third-order valence-corrected chi connectivity index (χ3v) is 10.8. The van der Waals surface area contributed by atoms with Crippen LogP contribution < -0.4 is 5.73 Å². The quantitative estimate of drug-likeness (QED) is 0.126. The Hall–Kier alpha value is -2.57. The van der Waals surface area contributed by atoms with Crippen LogP contribution in [-0.4, -0.2) is 69.4 Å². The monoisotopic (exact) mass is 676 g/mol. The number of carbonyl (C=O) groups is 3. The van der Waals surface area contributed by atoms with E-state index in [1.165, 1.54) is 0 Å². The van der Waals surface area contributed by atoms with Gasteiger partial charge in [-0.2, -0.15) is 13.2 Å². The lowest BCUT2D eigenvalue weighted by atomic mass is 9.78. The maximum atomic E-state index is 14.8. The summed E-state index contributed by atoms with van der Waals surface area (Å²) in [6, 6.07) is 1.02. The summed E-state index contributed by atoms with van der Waals surface area (Å²) >= 11 is 12.2. The molecule has 0 saturated heterocycles. The predicted octanol–water partition coefficient (Wildman–Crippen LogP) is 6.89. The van der Waals surface area contributed by atoms with Crippen LogP contribution in [0.3, 0.4) is 0 Å². The molecule has 4 unspecified atom stereocenters. The average molecular weight is 678 g/mol. The molecule has 0 aliphatic heterocycles. The van der Waals surface area contributed by atoms with Crippen molar-refractivity contribution in [3.8, 4) is 0 Å². The van der Waals surface area contributed by atoms with Gasteiger partial charge >= 0.3 is 12.1 Å². The van der Waals surface area contributed by atoms with E-state index in [4.69, 9.17) is 39.5 Å². The first-order chi connectivity index (χ1) is 20.9. The Kier molecular flexibility index (Phi) is 10.1. The summed E-state index contributed by atoms with van der Waals surface area (Å²) in [5.41, 5.74) is 2.68. The van der Waals surface area contributed by atoms with Crippen LogP contribution >= 0.6 is 23.2 Å². The molecule has 0 radical (unpaired) electrons. The molecule has 3 fully saturated rings. The van der Waals surface area contributed by atoms with Gasteiger partial charge in [-0.3, -0.25) is 19.4 Å². The lowest BCUT2D eigenvalue weighted by Gasteiger charge is -2.37. The highest BCUT2D eigenvalue weighted by Gasteiger charge is 2.73. The molecule has 45 heavy (non-hydrogen) atoms. The number of hydrogen-bond donors (Lipinski definition) is 3. The van der Waals surface area contributed by atoms with Gasteiger partial charge in [0.2, 0.25) is 5.91 Å². The molecular formula is C31H38Cl2F4N4O4. The maximum Gasteiger partial charge on any atom is 0.430 e. The van der Waals surface area contributed by atoms with Crippen LogP contribution in [0.15, 0.2) is 17.1 Å². The molecule has 0 heterocycles. The van der Waals surface area contributed by atoms with Crippen molar-refractivity contribution in [2.24, 2.45) is 28.0 Å². The molecule has 3 saturated carbocycles. The Labute approximate surface area is 269 Å². The number of nitrogens with two attached hydrogens (primary N) is 1. The second-order valence-electron chi connectivity index (χ2n) is 13.2. The summed E-state index contributed by atoms with van der Waals surface area (Å²) in [5.74, 6) is -6.05. The summed E-state index contributed by atoms with van der Waals surface area (Å²) in [7, 11) is 0. The van der Waals surface area contributed by atoms with Gasteiger partial charge < -0.3 is 21.1 Å². The van der Waals surface area contributed by atoms with Crippen molar-refractivity contribution in [1.82, 2.24) is 4.90 Å². The van der Waals surface area contributed by atoms with Crippen molar-refractivity contribution in [2.45, 2.75) is 101 Å². The SMILES string of the molecule is CC1(C)C2CC(N(CC(=O)c3c(Cl)cc(F)cc3Cl)C(=O)C(C=N)C(=NC3(CCCC(=O)O)CCCCC3)C(F)(F)F)CC21N. The number of hydrogen-bond acceptors (Lipinski definition) is 6. The number of carbonyl (C=O) groups excluding carboxylic acids is 2. The van der Waals surface area contributed by atoms with E-state index in [2.05, 4.69) is 4.99 Å². The number of carboxylic acid groups (broad SMARTS) is 1. The number of halogens is 6. The molecule has 8 nitrogen and oxygen atoms in total. The normalized spacial score (nSPS) is 26.1. The molecule has 4 atom stereocenters. The van der Waals surface area contributed by atoms with Gasteiger partial charge in [-0.15, -0.1) is 0 Å². The minimum atomic E-state index is -5.11. The number of amides is 1. The number of rotatable bonds is 12. The minimum Gasteiger partial charge on any atom is -0.481 e. The van der Waals surface area contributed by atoms with Crippen LogP contribution in [0.2, 0.25) is 10.0 Å². The fraction of sp³-hybridized carbons (Fsp3) is 0.645. The number of nitrogens with zero attached hydrogens (tertiary/aromatic N) is 2. The fourth-order valence-electron chi connectivity index (χ4n) is 7.53. The Morgan fingerprint density at radius 3 is 2.27 bits per heavy atom. The molecule has 248 valence electrons. The van der Waals surface area contributed by atoms with Crippen molar-refractivity contribution < 1.29 is 37.1 Å². The van der Waals surface area contributed by atoms with E-state index in [1.807, 2.05) is 13.8 Å². The van der Waals surface area contributed by atoms with E-state index in [1.54, 1.807) is 0 Å². The van der Waals surface area contributed by atoms with Crippen molar-refractivity contribution >= 4 is 52.8 Å². The number of aliphatic carboxylic acids is 1. The van der Waals surface area contributed by atoms with Gasteiger partial charge in [-0.25, -0.2) is 4.39 Å². The van der Waals surface area contributed by atoms with Gasteiger partial charge in [0.05, 0.1) is 27.7 Å². The Morgan fingerprint density at radius 1 is 1.18 bits per heavy atom. The molecule has 3 aliphatic carbocycles. The van der Waals surface area contributed by atoms with E-state index < -0.39 is 64.9 Å². The molecule has 1 amide bonds. The Balaban J connectivity index is 1.73. The highest BCUT2D eigenvalue weighted by Crippen LogP contribution is 2.68. The van der Waals surface area contributed by atoms with Gasteiger partial charge in [0.1, 0.15) is 17.4 Å². The maximum absolute atomic E-state index is 14.8. The van der Waals surface area contributed by atoms with Crippen molar-refractivity contribution in [3.05, 3.63) is 33.6 Å². The second-order valence-corrected chi connectivity index (χ2v) is 14.0. The van der Waals surface area contributed by atoms with Crippen LogP contribution in [0.5, 0.6) is 0 Å². The Bertz CT molecular complexity index is 1370. The standard InChI is InChI=1S/C31H38Cl2F4N4O4/c1-28(2)23-13-18(14-30(23,28)39)41(16-22(42)25-20(32)11-17(34)12-21(25)33)27(45)19(15-38)26(31(35,36)37)40-29(8-4-3-5-9-29)10-6-7-24(43)44/h11-12,15,18-19,23,38H,3-10,13-14,16,39H2,1-2H3,(H,43,44). The summed E-state index contributed by atoms with van der Waals surface area (Å²) in [5, 5.41) is 16.5. The number of aliphatic imine (C=N–C) groups is 1. The molecule has 3 aliphatic rings. The smallest absolute Gasteiger partial charge is 0.430 e. The van der Waals surface area contributed by atoms with Gasteiger partial charge in [-0.1, -0.05) is 56.3 Å². The number of benzene rings is 1. The lowest BCUT2D eigenvalue weighted by molar-refractivity contribution is -0.137. The van der Waals surface area contributed by atoms with E-state index in [9.17, 15) is 31.9 Å². The predicted molar refractivity (Wildman–Crippen MR) is 163 cm³/mol. The van der Waals surface area contributed by atoms with Crippen LogP contribution in [0.4, 0.5) is 17.6 Å². The number of carboxylic acids is 1. The zero-order valence-electron chi connectivity index (χ0n) is 25.2. The third-order valence-electron chi connectivity index (χ3n) is 10.2. The molecule has 0 bridgehead atoms. The average Bonchev–Trinajstić information content (AvgIpc) is 3.16. The van der Waals surface area contributed by atoms with E-state index in [-0.39, 0.29) is 65.5 Å². The van der Waals surface area contributed by atoms with Gasteiger partial charge in [0.25, 0.3) is 0 Å². The topological polar surface area (TPSA) is 137 Å². The van der Waals surface area contributed by atoms with Crippen LogP contribution in [0, 0.1) is 28.5 Å². The van der Waals surface area contributed by atoms with Crippen molar-refractivity contribution in [3.63, 3.8) is 0 Å². The molecule has 14 heteroatoms. The summed E-state index contributed by atoms with van der Waals surface area (Å²) in [6.07, 6.45) is -1.71. The van der Waals surface area contributed by atoms with E-state index >= 15 is 0 Å². The molecule has 4 N–H and O–H groups in total. The van der Waals surface area contributed by atoms with Crippen LogP contribution in [0.25, 0.3) is 0 Å². The number of fused-ring (bicyclic) bond motifs is 1. The largest absolute Gasteiger partial charge is 0.481 e. The first-order valence-corrected chi connectivity index (χ1v) is 15.8. The van der Waals surface area contributed by atoms with Gasteiger partial charge in [0, 0.05) is 24.2 Å². The van der Waals surface area contributed by atoms with Crippen LogP contribution in [0.1, 0.15) is 88.4 Å². The lowest BCUT2D eigenvalue weighted by Crippen LogP contribution is -2.52. The zero-order chi connectivity index (χ0) is 33.5. The van der Waals surface area contributed by atoms with Gasteiger partial charge in [0.15, 0.2) is 5.78 Å². The van der Waals surface area contributed by atoms with Crippen molar-refractivity contribution in [2.75, 3.05) is 6.54 Å². The third kappa shape index (κ3) is 7.07. The summed E-state index contributed by atoms with van der Waals surface area (Å²) in [4.78, 5) is 44.0. The number of Topliss-reactive ketones (excluding diaryl/α,β-unsaturated/α-hetero) is 1. The minimum absolute atomic E-state index is 0.0488. The van der Waals surface area contributed by atoms with Crippen molar-refractivity contribution in [1.29, 1.82) is 5.41 Å². The van der Waals surface area contributed by atoms with Gasteiger partial charge in [-0.05, 0) is 62.0 Å². The highest BCUT2D eigenvalue weighted by atomic mass is 35.5. The van der Waals surface area contributed by atoms with Crippen LogP contribution in [-0.2, 0) is 9.59 Å². The Morgan fingerprint density at radius 2 is 1.78 bits per heavy atom. The number of nitrogens with one attached hydrogen (secondary N) is 1. The van der Waals surface area contributed by atoms with E-state index in [0.717, 1.165) is 23.5 Å². The summed E-state index contributed by atoms with van der Waals surface area (Å²) in [6.45, 7) is 3.20. The first kappa shape index (κ1) is 35.3. The highest BCUT2D eigenvalue weighted by molar-refractivity contribution is 6.40. The molecule has 0 spiro atoms. The number of ketones is 1. The zero-order valence-corrected chi connectivity index (χ0v) is 26.7. The second kappa shape index (κ2) is 12.9. The van der Waals surface area contributed by atoms with E-state index in [0.29, 0.717) is 25.5 Å².